The van der Waals surface area contributed by atoms with Gasteiger partial charge >= 0.3 is 0 Å². The molecule has 1 aromatic rings. The fraction of sp³-hybridized carbons (Fsp3) is 0.562. The summed E-state index contributed by atoms with van der Waals surface area (Å²) in [4.78, 5) is 12.5. The smallest absolute Gasteiger partial charge is 0.253 e. The number of halogens is 1. The second kappa shape index (κ2) is 7.64. The van der Waals surface area contributed by atoms with Crippen LogP contribution in [0.2, 0.25) is 5.02 Å². The third-order valence-electron chi connectivity index (χ3n) is 3.98. The zero-order chi connectivity index (χ0) is 17.0. The van der Waals surface area contributed by atoms with Gasteiger partial charge in [-0.25, -0.2) is 8.42 Å². The van der Waals surface area contributed by atoms with Crippen molar-refractivity contribution in [1.29, 1.82) is 0 Å². The molecule has 0 radical (unpaired) electrons. The van der Waals surface area contributed by atoms with Crippen molar-refractivity contribution >= 4 is 27.5 Å². The van der Waals surface area contributed by atoms with Gasteiger partial charge in [0.2, 0.25) is 10.0 Å². The number of sulfonamides is 1. The van der Waals surface area contributed by atoms with Crippen LogP contribution in [0.15, 0.2) is 23.1 Å². The van der Waals surface area contributed by atoms with Gasteiger partial charge in [0.25, 0.3) is 5.91 Å². The van der Waals surface area contributed by atoms with E-state index >= 15 is 0 Å². The maximum atomic E-state index is 12.6. The van der Waals surface area contributed by atoms with Gasteiger partial charge in [-0.05, 0) is 44.4 Å². The minimum Gasteiger partial charge on any atom is -0.350 e. The summed E-state index contributed by atoms with van der Waals surface area (Å²) in [7, 11) is -3.56. The SMILES string of the molecule is CCCC(C)NC(=O)c1cc(S(=O)(=O)N2CCCC2)ccc1Cl. The molecule has 0 aliphatic carbocycles. The minimum atomic E-state index is -3.56. The van der Waals surface area contributed by atoms with E-state index in [1.54, 1.807) is 0 Å². The molecule has 1 amide bonds. The van der Waals surface area contributed by atoms with Crippen LogP contribution in [0.3, 0.4) is 0 Å². The molecule has 7 heteroatoms. The maximum Gasteiger partial charge on any atom is 0.253 e. The van der Waals surface area contributed by atoms with Crippen LogP contribution in [0.4, 0.5) is 0 Å². The van der Waals surface area contributed by atoms with Crippen LogP contribution in [0, 0.1) is 0 Å². The second-order valence-electron chi connectivity index (χ2n) is 5.92. The van der Waals surface area contributed by atoms with Crippen molar-refractivity contribution in [2.75, 3.05) is 13.1 Å². The lowest BCUT2D eigenvalue weighted by atomic mass is 10.1. The molecule has 1 aliphatic rings. The summed E-state index contributed by atoms with van der Waals surface area (Å²) >= 11 is 6.09. The largest absolute Gasteiger partial charge is 0.350 e. The van der Waals surface area contributed by atoms with E-state index in [0.29, 0.717) is 13.1 Å². The first-order chi connectivity index (χ1) is 10.9. The fourth-order valence-corrected chi connectivity index (χ4v) is 4.47. The Balaban J connectivity index is 2.26. The topological polar surface area (TPSA) is 66.5 Å². The summed E-state index contributed by atoms with van der Waals surface area (Å²) in [5.41, 5.74) is 0.204. The van der Waals surface area contributed by atoms with Gasteiger partial charge < -0.3 is 5.32 Å². The van der Waals surface area contributed by atoms with Gasteiger partial charge in [-0.3, -0.25) is 4.79 Å². The van der Waals surface area contributed by atoms with Crippen molar-refractivity contribution in [3.63, 3.8) is 0 Å². The molecule has 1 atom stereocenters. The number of amides is 1. The highest BCUT2D eigenvalue weighted by Crippen LogP contribution is 2.25. The van der Waals surface area contributed by atoms with Crippen LogP contribution in [0.1, 0.15) is 49.9 Å². The van der Waals surface area contributed by atoms with E-state index in [9.17, 15) is 13.2 Å². The van der Waals surface area contributed by atoms with E-state index in [0.717, 1.165) is 25.7 Å². The summed E-state index contributed by atoms with van der Waals surface area (Å²) in [5, 5.41) is 3.11. The second-order valence-corrected chi connectivity index (χ2v) is 8.26. The van der Waals surface area contributed by atoms with Crippen molar-refractivity contribution in [2.24, 2.45) is 0 Å². The van der Waals surface area contributed by atoms with Crippen molar-refractivity contribution in [3.8, 4) is 0 Å². The molecular weight excluding hydrogens is 336 g/mol. The van der Waals surface area contributed by atoms with Gasteiger partial charge in [-0.1, -0.05) is 24.9 Å². The Labute approximate surface area is 143 Å². The number of benzene rings is 1. The molecule has 1 unspecified atom stereocenters. The van der Waals surface area contributed by atoms with Crippen LogP contribution in [0.5, 0.6) is 0 Å². The molecule has 1 N–H and O–H groups in total. The normalized spacial score (nSPS) is 17.2. The molecule has 1 heterocycles. The molecule has 1 aliphatic heterocycles. The maximum absolute atomic E-state index is 12.6. The van der Waals surface area contributed by atoms with E-state index in [4.69, 9.17) is 11.6 Å². The highest BCUT2D eigenvalue weighted by Gasteiger charge is 2.28. The quantitative estimate of drug-likeness (QED) is 0.849. The Morgan fingerprint density at radius 1 is 1.35 bits per heavy atom. The Kier molecular flexibility index (Phi) is 6.06. The van der Waals surface area contributed by atoms with Gasteiger partial charge in [0.05, 0.1) is 15.5 Å². The molecule has 128 valence electrons. The number of nitrogens with one attached hydrogen (secondary N) is 1. The van der Waals surface area contributed by atoms with E-state index in [-0.39, 0.29) is 27.4 Å². The summed E-state index contributed by atoms with van der Waals surface area (Å²) in [6.45, 7) is 5.01. The van der Waals surface area contributed by atoms with Gasteiger partial charge in [0.1, 0.15) is 0 Å². The number of carbonyl (C=O) groups excluding carboxylic acids is 1. The standard InChI is InChI=1S/C16H23ClN2O3S/c1-3-6-12(2)18-16(20)14-11-13(7-8-15(14)17)23(21,22)19-9-4-5-10-19/h7-8,11-12H,3-6,9-10H2,1-2H3,(H,18,20). The average Bonchev–Trinajstić information content (AvgIpc) is 3.02. The van der Waals surface area contributed by atoms with Crippen molar-refractivity contribution in [3.05, 3.63) is 28.8 Å². The predicted octanol–water partition coefficient (Wildman–Crippen LogP) is 3.04. The molecule has 0 bridgehead atoms. The monoisotopic (exact) mass is 358 g/mol. The zero-order valence-corrected chi connectivity index (χ0v) is 15.1. The molecule has 1 saturated heterocycles. The van der Waals surface area contributed by atoms with Crippen molar-refractivity contribution in [2.45, 2.75) is 50.5 Å². The molecule has 1 fully saturated rings. The lowest BCUT2D eigenvalue weighted by Crippen LogP contribution is -2.33. The average molecular weight is 359 g/mol. The molecule has 0 spiro atoms. The van der Waals surface area contributed by atoms with E-state index < -0.39 is 10.0 Å². The summed E-state index contributed by atoms with van der Waals surface area (Å²) < 4.78 is 26.6. The summed E-state index contributed by atoms with van der Waals surface area (Å²) in [6, 6.07) is 4.33. The van der Waals surface area contributed by atoms with Gasteiger partial charge in [-0.2, -0.15) is 4.31 Å². The lowest BCUT2D eigenvalue weighted by Gasteiger charge is -2.17. The number of hydrogen-bond donors (Lipinski definition) is 1. The molecule has 2 rings (SSSR count). The highest BCUT2D eigenvalue weighted by molar-refractivity contribution is 7.89. The van der Waals surface area contributed by atoms with Crippen LogP contribution in [0.25, 0.3) is 0 Å². The molecule has 0 aromatic heterocycles. The number of carbonyl (C=O) groups is 1. The Morgan fingerprint density at radius 2 is 2.00 bits per heavy atom. The molecule has 1 aromatic carbocycles. The van der Waals surface area contributed by atoms with Gasteiger partial charge in [0, 0.05) is 19.1 Å². The molecule has 23 heavy (non-hydrogen) atoms. The Bertz CT molecular complexity index is 670. The number of rotatable bonds is 6. The first kappa shape index (κ1) is 18.2. The first-order valence-corrected chi connectivity index (χ1v) is 9.78. The third-order valence-corrected chi connectivity index (χ3v) is 6.21. The van der Waals surface area contributed by atoms with Crippen LogP contribution in [-0.2, 0) is 10.0 Å². The van der Waals surface area contributed by atoms with Gasteiger partial charge in [-0.15, -0.1) is 0 Å². The molecule has 5 nitrogen and oxygen atoms in total. The third kappa shape index (κ3) is 4.25. The Morgan fingerprint density at radius 3 is 2.61 bits per heavy atom. The van der Waals surface area contributed by atoms with E-state index in [1.807, 2.05) is 13.8 Å². The molecular formula is C16H23ClN2O3S. The summed E-state index contributed by atoms with van der Waals surface area (Å²) in [5.74, 6) is -0.338. The minimum absolute atomic E-state index is 0.0161. The lowest BCUT2D eigenvalue weighted by molar-refractivity contribution is 0.0938. The first-order valence-electron chi connectivity index (χ1n) is 7.97. The van der Waals surface area contributed by atoms with E-state index in [2.05, 4.69) is 5.32 Å². The highest BCUT2D eigenvalue weighted by atomic mass is 35.5. The van der Waals surface area contributed by atoms with Crippen LogP contribution in [-0.4, -0.2) is 37.8 Å². The fourth-order valence-electron chi connectivity index (χ4n) is 2.72. The Hall–Kier alpha value is -1.11. The number of hydrogen-bond acceptors (Lipinski definition) is 3. The van der Waals surface area contributed by atoms with Crippen molar-refractivity contribution in [1.82, 2.24) is 9.62 Å². The zero-order valence-electron chi connectivity index (χ0n) is 13.5. The van der Waals surface area contributed by atoms with Gasteiger partial charge in [0.15, 0.2) is 0 Å². The predicted molar refractivity (Wildman–Crippen MR) is 91.3 cm³/mol. The van der Waals surface area contributed by atoms with Crippen LogP contribution < -0.4 is 5.32 Å². The number of nitrogens with zero attached hydrogens (tertiary/aromatic N) is 1. The van der Waals surface area contributed by atoms with Crippen molar-refractivity contribution < 1.29 is 13.2 Å². The summed E-state index contributed by atoms with van der Waals surface area (Å²) in [6.07, 6.45) is 3.55. The van der Waals surface area contributed by atoms with E-state index in [1.165, 1.54) is 22.5 Å². The van der Waals surface area contributed by atoms with Crippen LogP contribution >= 0.6 is 11.6 Å². The molecule has 0 saturated carbocycles.